The number of aliphatic imine (C=N–C) groups is 1. The average molecular weight is 430 g/mol. The van der Waals surface area contributed by atoms with Crippen molar-refractivity contribution in [3.8, 4) is 5.69 Å². The largest absolute Gasteiger partial charge is 0.466 e. The molecular weight excluding hydrogens is 397 g/mol. The Labute approximate surface area is 183 Å². The maximum Gasteiger partial charge on any atom is 0.308 e. The predicted molar refractivity (Wildman–Crippen MR) is 119 cm³/mol. The third-order valence-corrected chi connectivity index (χ3v) is 5.41. The molecule has 0 aliphatic heterocycles. The van der Waals surface area contributed by atoms with Gasteiger partial charge in [-0.15, -0.1) is 0 Å². The van der Waals surface area contributed by atoms with Crippen LogP contribution in [0.15, 0.2) is 41.5 Å². The molecule has 0 unspecified atom stereocenters. The van der Waals surface area contributed by atoms with Crippen molar-refractivity contribution in [2.24, 2.45) is 10.9 Å². The highest BCUT2D eigenvalue weighted by Gasteiger charge is 2.27. The van der Waals surface area contributed by atoms with Crippen LogP contribution in [0.5, 0.6) is 0 Å². The van der Waals surface area contributed by atoms with Gasteiger partial charge in [-0.2, -0.15) is 5.10 Å². The summed E-state index contributed by atoms with van der Waals surface area (Å²) in [6, 6.07) is 8.52. The summed E-state index contributed by atoms with van der Waals surface area (Å²) in [4.78, 5) is 16.6. The van der Waals surface area contributed by atoms with Crippen molar-refractivity contribution >= 4 is 11.9 Å². The van der Waals surface area contributed by atoms with E-state index in [2.05, 4.69) is 20.7 Å². The summed E-state index contributed by atoms with van der Waals surface area (Å²) in [5, 5.41) is 11.3. The number of esters is 1. The molecule has 3 rings (SSSR count). The van der Waals surface area contributed by atoms with Gasteiger partial charge in [0.15, 0.2) is 5.96 Å². The highest BCUT2D eigenvalue weighted by Crippen LogP contribution is 2.25. The Kier molecular flexibility index (Phi) is 8.44. The van der Waals surface area contributed by atoms with Crippen LogP contribution in [0, 0.1) is 11.7 Å². The van der Waals surface area contributed by atoms with Crippen LogP contribution < -0.4 is 10.6 Å². The third-order valence-electron chi connectivity index (χ3n) is 5.41. The molecule has 31 heavy (non-hydrogen) atoms. The molecule has 2 N–H and O–H groups in total. The van der Waals surface area contributed by atoms with Crippen LogP contribution in [0.4, 0.5) is 4.39 Å². The summed E-state index contributed by atoms with van der Waals surface area (Å²) in [5.41, 5.74) is 1.75. The number of nitrogens with zero attached hydrogens (tertiary/aromatic N) is 3. The van der Waals surface area contributed by atoms with E-state index in [0.717, 1.165) is 49.6 Å². The third kappa shape index (κ3) is 6.80. The number of nitrogens with one attached hydrogen (secondary N) is 2. The zero-order valence-electron chi connectivity index (χ0n) is 18.3. The summed E-state index contributed by atoms with van der Waals surface area (Å²) in [6.45, 7) is 5.71. The topological polar surface area (TPSA) is 80.5 Å². The first kappa shape index (κ1) is 22.8. The lowest BCUT2D eigenvalue weighted by atomic mass is 9.86. The Morgan fingerprint density at radius 2 is 1.94 bits per heavy atom. The van der Waals surface area contributed by atoms with Crippen molar-refractivity contribution in [2.45, 2.75) is 52.0 Å². The Bertz CT molecular complexity index is 857. The second kappa shape index (κ2) is 11.5. The molecular formula is C23H32FN5O2. The minimum atomic E-state index is -0.261. The van der Waals surface area contributed by atoms with Crippen molar-refractivity contribution < 1.29 is 13.9 Å². The van der Waals surface area contributed by atoms with E-state index in [-0.39, 0.29) is 17.7 Å². The molecule has 0 amide bonds. The first-order valence-electron chi connectivity index (χ1n) is 11.1. The molecule has 2 aromatic rings. The minimum absolute atomic E-state index is 0.0220. The van der Waals surface area contributed by atoms with Crippen molar-refractivity contribution in [3.05, 3.63) is 48.0 Å². The summed E-state index contributed by atoms with van der Waals surface area (Å²) in [5.74, 6) is 0.485. The van der Waals surface area contributed by atoms with Gasteiger partial charge >= 0.3 is 5.97 Å². The number of halogens is 1. The lowest BCUT2D eigenvalue weighted by molar-refractivity contribution is -0.149. The molecule has 1 aromatic heterocycles. The highest BCUT2D eigenvalue weighted by atomic mass is 19.1. The maximum atomic E-state index is 13.1. The van der Waals surface area contributed by atoms with Gasteiger partial charge in [0.25, 0.3) is 0 Å². The number of aromatic nitrogens is 2. The molecule has 1 heterocycles. The Morgan fingerprint density at radius 1 is 1.19 bits per heavy atom. The number of guanidine groups is 1. The molecule has 0 atom stereocenters. The van der Waals surface area contributed by atoms with Crippen LogP contribution in [0.2, 0.25) is 0 Å². The Hall–Kier alpha value is -2.90. The van der Waals surface area contributed by atoms with Crippen LogP contribution >= 0.6 is 0 Å². The standard InChI is InChI=1S/C23H32FN5O2/c1-3-25-23(27-19-9-5-17(6-10-19)22(30)31-4-2)26-15-13-20-14-16-29(28-20)21-11-7-18(24)8-12-21/h7-8,11-12,14,16-17,19H,3-6,9-10,13,15H2,1-2H3,(H2,25,26,27). The second-order valence-electron chi connectivity index (χ2n) is 7.68. The number of carbonyl (C=O) groups is 1. The van der Waals surface area contributed by atoms with Gasteiger partial charge in [-0.1, -0.05) is 0 Å². The van der Waals surface area contributed by atoms with E-state index in [9.17, 15) is 9.18 Å². The number of hydrogen-bond acceptors (Lipinski definition) is 4. The molecule has 1 fully saturated rings. The fraction of sp³-hybridized carbons (Fsp3) is 0.522. The molecule has 1 saturated carbocycles. The van der Waals surface area contributed by atoms with Crippen molar-refractivity contribution in [3.63, 3.8) is 0 Å². The predicted octanol–water partition coefficient (Wildman–Crippen LogP) is 3.23. The van der Waals surface area contributed by atoms with E-state index in [1.54, 1.807) is 16.8 Å². The molecule has 0 radical (unpaired) electrons. The van der Waals surface area contributed by atoms with Crippen LogP contribution in [0.3, 0.4) is 0 Å². The fourth-order valence-corrected chi connectivity index (χ4v) is 3.76. The fourth-order valence-electron chi connectivity index (χ4n) is 3.76. The molecule has 1 aliphatic rings. The van der Waals surface area contributed by atoms with Crippen LogP contribution in [0.1, 0.15) is 45.2 Å². The van der Waals surface area contributed by atoms with Gasteiger partial charge in [0.2, 0.25) is 0 Å². The zero-order chi connectivity index (χ0) is 22.1. The van der Waals surface area contributed by atoms with E-state index in [1.807, 2.05) is 26.1 Å². The van der Waals surface area contributed by atoms with E-state index in [4.69, 9.17) is 4.74 Å². The molecule has 1 aliphatic carbocycles. The van der Waals surface area contributed by atoms with E-state index >= 15 is 0 Å². The van der Waals surface area contributed by atoms with Gasteiger partial charge in [0, 0.05) is 31.7 Å². The molecule has 0 spiro atoms. The van der Waals surface area contributed by atoms with Crippen LogP contribution in [-0.2, 0) is 16.0 Å². The second-order valence-corrected chi connectivity index (χ2v) is 7.68. The average Bonchev–Trinajstić information content (AvgIpc) is 3.24. The Balaban J connectivity index is 1.49. The van der Waals surface area contributed by atoms with Crippen LogP contribution in [0.25, 0.3) is 5.69 Å². The molecule has 0 bridgehead atoms. The van der Waals surface area contributed by atoms with E-state index in [0.29, 0.717) is 25.6 Å². The lowest BCUT2D eigenvalue weighted by Crippen LogP contribution is -2.45. The Morgan fingerprint density at radius 3 is 2.61 bits per heavy atom. The highest BCUT2D eigenvalue weighted by molar-refractivity contribution is 5.80. The minimum Gasteiger partial charge on any atom is -0.466 e. The van der Waals surface area contributed by atoms with Gasteiger partial charge in [-0.3, -0.25) is 9.79 Å². The SMILES string of the molecule is CCNC(=NCCc1ccn(-c2ccc(F)cc2)n1)NC1CCC(C(=O)OCC)CC1. The summed E-state index contributed by atoms with van der Waals surface area (Å²) < 4.78 is 20.0. The van der Waals surface area contributed by atoms with Gasteiger partial charge < -0.3 is 15.4 Å². The zero-order valence-corrected chi connectivity index (χ0v) is 18.3. The van der Waals surface area contributed by atoms with Gasteiger partial charge in [0.05, 0.1) is 23.9 Å². The first-order valence-corrected chi connectivity index (χ1v) is 11.1. The summed E-state index contributed by atoms with van der Waals surface area (Å²) in [7, 11) is 0. The number of benzene rings is 1. The van der Waals surface area contributed by atoms with E-state index < -0.39 is 0 Å². The number of hydrogen-bond donors (Lipinski definition) is 2. The van der Waals surface area contributed by atoms with Gasteiger partial charge in [-0.25, -0.2) is 9.07 Å². The lowest BCUT2D eigenvalue weighted by Gasteiger charge is -2.29. The van der Waals surface area contributed by atoms with Crippen molar-refractivity contribution in [1.29, 1.82) is 0 Å². The first-order chi connectivity index (χ1) is 15.1. The molecule has 8 heteroatoms. The van der Waals surface area contributed by atoms with E-state index in [1.165, 1.54) is 12.1 Å². The van der Waals surface area contributed by atoms with Crippen molar-refractivity contribution in [2.75, 3.05) is 19.7 Å². The maximum absolute atomic E-state index is 13.1. The van der Waals surface area contributed by atoms with Crippen molar-refractivity contribution in [1.82, 2.24) is 20.4 Å². The molecule has 1 aromatic carbocycles. The molecule has 0 saturated heterocycles. The quantitative estimate of drug-likeness (QED) is 0.383. The number of ether oxygens (including phenoxy) is 1. The monoisotopic (exact) mass is 429 g/mol. The number of rotatable bonds is 8. The molecule has 7 nitrogen and oxygen atoms in total. The van der Waals surface area contributed by atoms with Gasteiger partial charge in [-0.05, 0) is 69.9 Å². The van der Waals surface area contributed by atoms with Crippen LogP contribution in [-0.4, -0.2) is 47.4 Å². The summed E-state index contributed by atoms with van der Waals surface area (Å²) in [6.07, 6.45) is 6.12. The number of carbonyl (C=O) groups excluding carboxylic acids is 1. The molecule has 168 valence electrons. The smallest absolute Gasteiger partial charge is 0.308 e. The van der Waals surface area contributed by atoms with Gasteiger partial charge in [0.1, 0.15) is 5.82 Å². The normalized spacial score (nSPS) is 19.1. The summed E-state index contributed by atoms with van der Waals surface area (Å²) >= 11 is 0.